The molecule has 0 aliphatic heterocycles. The molecule has 0 fully saturated rings. The lowest BCUT2D eigenvalue weighted by Gasteiger charge is -2.35. The second-order valence-corrected chi connectivity index (χ2v) is 6.35. The molecule has 0 bridgehead atoms. The van der Waals surface area contributed by atoms with Gasteiger partial charge in [-0.05, 0) is 24.3 Å². The molecule has 0 amide bonds. The molecule has 1 atom stereocenters. The maximum Gasteiger partial charge on any atom is 0.285 e. The summed E-state index contributed by atoms with van der Waals surface area (Å²) in [5.41, 5.74) is -2.43. The monoisotopic (exact) mass is 323 g/mol. The van der Waals surface area contributed by atoms with Crippen LogP contribution in [0, 0.1) is 5.41 Å². The number of aliphatic hydroxyl groups excluding tert-OH is 1. The molecule has 2 rings (SSSR count). The van der Waals surface area contributed by atoms with Gasteiger partial charge in [-0.2, -0.15) is 5.10 Å². The van der Waals surface area contributed by atoms with Crippen LogP contribution in [-0.4, -0.2) is 32.3 Å². The highest BCUT2D eigenvalue weighted by Gasteiger charge is 2.48. The minimum absolute atomic E-state index is 0.317. The predicted octanol–water partition coefficient (Wildman–Crippen LogP) is 2.27. The SMILES string of the molecule is CC(C)(C)C(=O)[C@@](CO)(Oc1ccc(Cl)cc1)n1cncn1. The number of hydrogen-bond acceptors (Lipinski definition) is 5. The summed E-state index contributed by atoms with van der Waals surface area (Å²) in [6, 6.07) is 6.53. The van der Waals surface area contributed by atoms with E-state index in [9.17, 15) is 9.90 Å². The van der Waals surface area contributed by atoms with Gasteiger partial charge in [-0.25, -0.2) is 9.67 Å². The highest BCUT2D eigenvalue weighted by Crippen LogP contribution is 2.31. The first-order chi connectivity index (χ1) is 10.3. The van der Waals surface area contributed by atoms with Crippen LogP contribution in [0.15, 0.2) is 36.9 Å². The third-order valence-electron chi connectivity index (χ3n) is 3.14. The topological polar surface area (TPSA) is 77.2 Å². The summed E-state index contributed by atoms with van der Waals surface area (Å²) in [4.78, 5) is 16.7. The van der Waals surface area contributed by atoms with Gasteiger partial charge in [0.1, 0.15) is 25.0 Å². The van der Waals surface area contributed by atoms with Crippen molar-refractivity contribution >= 4 is 17.4 Å². The molecule has 0 aliphatic carbocycles. The predicted molar refractivity (Wildman–Crippen MR) is 81.6 cm³/mol. The van der Waals surface area contributed by atoms with Gasteiger partial charge in [0.25, 0.3) is 5.72 Å². The van der Waals surface area contributed by atoms with Crippen LogP contribution in [0.3, 0.4) is 0 Å². The van der Waals surface area contributed by atoms with Crippen molar-refractivity contribution in [3.05, 3.63) is 41.9 Å². The molecule has 1 aromatic carbocycles. The van der Waals surface area contributed by atoms with Crippen molar-refractivity contribution in [2.75, 3.05) is 6.61 Å². The van der Waals surface area contributed by atoms with Crippen molar-refractivity contribution in [3.63, 3.8) is 0 Å². The van der Waals surface area contributed by atoms with Crippen LogP contribution in [0.2, 0.25) is 5.02 Å². The summed E-state index contributed by atoms with van der Waals surface area (Å²) in [7, 11) is 0. The Morgan fingerprint density at radius 3 is 2.41 bits per heavy atom. The molecule has 1 heterocycles. The lowest BCUT2D eigenvalue weighted by atomic mass is 9.84. The fourth-order valence-electron chi connectivity index (χ4n) is 2.05. The number of halogens is 1. The second kappa shape index (κ2) is 6.06. The fraction of sp³-hybridized carbons (Fsp3) is 0.400. The second-order valence-electron chi connectivity index (χ2n) is 5.92. The zero-order valence-electron chi connectivity index (χ0n) is 12.7. The van der Waals surface area contributed by atoms with E-state index in [1.54, 1.807) is 45.0 Å². The molecule has 7 heteroatoms. The first kappa shape index (κ1) is 16.5. The maximum atomic E-state index is 12.9. The minimum Gasteiger partial charge on any atom is -0.456 e. The van der Waals surface area contributed by atoms with Gasteiger partial charge in [-0.15, -0.1) is 0 Å². The van der Waals surface area contributed by atoms with Gasteiger partial charge >= 0.3 is 0 Å². The van der Waals surface area contributed by atoms with Crippen LogP contribution in [0.4, 0.5) is 0 Å². The van der Waals surface area contributed by atoms with Gasteiger partial charge in [0.15, 0.2) is 0 Å². The zero-order valence-corrected chi connectivity index (χ0v) is 13.4. The first-order valence-corrected chi connectivity index (χ1v) is 7.13. The van der Waals surface area contributed by atoms with Crippen molar-refractivity contribution in [2.24, 2.45) is 5.41 Å². The Morgan fingerprint density at radius 1 is 1.32 bits per heavy atom. The Kier molecular flexibility index (Phi) is 4.53. The van der Waals surface area contributed by atoms with E-state index in [4.69, 9.17) is 16.3 Å². The van der Waals surface area contributed by atoms with E-state index in [1.165, 1.54) is 17.3 Å². The number of benzene rings is 1. The molecule has 0 unspecified atom stereocenters. The number of rotatable bonds is 5. The Balaban J connectivity index is 2.49. The van der Waals surface area contributed by atoms with Crippen LogP contribution in [0.5, 0.6) is 5.75 Å². The summed E-state index contributed by atoms with van der Waals surface area (Å²) < 4.78 is 7.07. The molecule has 6 nitrogen and oxygen atoms in total. The molecule has 22 heavy (non-hydrogen) atoms. The third-order valence-corrected chi connectivity index (χ3v) is 3.39. The van der Waals surface area contributed by atoms with Crippen molar-refractivity contribution in [1.82, 2.24) is 14.8 Å². The molecule has 0 aliphatic rings. The standard InChI is InChI=1S/C15H18ClN3O3/c1-14(2,3)13(21)15(8-20,19-10-17-9-18-19)22-12-6-4-11(16)5-7-12/h4-7,9-10,20H,8H2,1-3H3/t15-/m1/s1. The van der Waals surface area contributed by atoms with Crippen LogP contribution in [-0.2, 0) is 10.5 Å². The van der Waals surface area contributed by atoms with E-state index < -0.39 is 17.7 Å². The molecule has 1 N–H and O–H groups in total. The van der Waals surface area contributed by atoms with Crippen molar-refractivity contribution < 1.29 is 14.6 Å². The largest absolute Gasteiger partial charge is 0.456 e. The highest BCUT2D eigenvalue weighted by molar-refractivity contribution is 6.30. The van der Waals surface area contributed by atoms with Gasteiger partial charge in [0.05, 0.1) is 0 Å². The third kappa shape index (κ3) is 3.13. The fourth-order valence-corrected chi connectivity index (χ4v) is 2.18. The normalized spacial score (nSPS) is 14.4. The first-order valence-electron chi connectivity index (χ1n) is 6.75. The molecule has 0 saturated heterocycles. The smallest absolute Gasteiger partial charge is 0.285 e. The Bertz CT molecular complexity index is 635. The average molecular weight is 324 g/mol. The van der Waals surface area contributed by atoms with E-state index >= 15 is 0 Å². The maximum absolute atomic E-state index is 12.9. The number of aromatic nitrogens is 3. The number of aliphatic hydroxyl groups is 1. The number of ketones is 1. The lowest BCUT2D eigenvalue weighted by molar-refractivity contribution is -0.160. The molecule has 0 radical (unpaired) electrons. The van der Waals surface area contributed by atoms with E-state index in [2.05, 4.69) is 10.1 Å². The van der Waals surface area contributed by atoms with E-state index in [0.29, 0.717) is 10.8 Å². The molecule has 0 spiro atoms. The molecule has 118 valence electrons. The quantitative estimate of drug-likeness (QED) is 0.913. The summed E-state index contributed by atoms with van der Waals surface area (Å²) in [6.45, 7) is 4.68. The van der Waals surface area contributed by atoms with E-state index in [1.807, 2.05) is 0 Å². The summed E-state index contributed by atoms with van der Waals surface area (Å²) >= 11 is 5.85. The molecular formula is C15H18ClN3O3. The van der Waals surface area contributed by atoms with Crippen molar-refractivity contribution in [2.45, 2.75) is 26.5 Å². The van der Waals surface area contributed by atoms with Gasteiger partial charge < -0.3 is 9.84 Å². The minimum atomic E-state index is -1.68. The van der Waals surface area contributed by atoms with Gasteiger partial charge in [-0.1, -0.05) is 32.4 Å². The van der Waals surface area contributed by atoms with Gasteiger partial charge in [-0.3, -0.25) is 4.79 Å². The van der Waals surface area contributed by atoms with Gasteiger partial charge in [0, 0.05) is 10.4 Å². The molecular weight excluding hydrogens is 306 g/mol. The van der Waals surface area contributed by atoms with Crippen LogP contribution < -0.4 is 4.74 Å². The van der Waals surface area contributed by atoms with Crippen LogP contribution in [0.25, 0.3) is 0 Å². The van der Waals surface area contributed by atoms with Crippen molar-refractivity contribution in [3.8, 4) is 5.75 Å². The number of carbonyl (C=O) groups is 1. The molecule has 0 saturated carbocycles. The van der Waals surface area contributed by atoms with E-state index in [-0.39, 0.29) is 5.78 Å². The Morgan fingerprint density at radius 2 is 1.95 bits per heavy atom. The molecule has 2 aromatic rings. The van der Waals surface area contributed by atoms with Crippen molar-refractivity contribution in [1.29, 1.82) is 0 Å². The summed E-state index contributed by atoms with van der Waals surface area (Å²) in [5, 5.41) is 14.5. The number of Topliss-reactive ketones (excluding diaryl/α,β-unsaturated/α-hetero) is 1. The van der Waals surface area contributed by atoms with Crippen LogP contribution in [0.1, 0.15) is 20.8 Å². The lowest BCUT2D eigenvalue weighted by Crippen LogP contribution is -2.55. The number of carbonyl (C=O) groups excluding carboxylic acids is 1. The number of hydrogen-bond donors (Lipinski definition) is 1. The molecule has 1 aromatic heterocycles. The summed E-state index contributed by atoms with van der Waals surface area (Å²) in [5.74, 6) is 0.0782. The van der Waals surface area contributed by atoms with Gasteiger partial charge in [0.2, 0.25) is 5.78 Å². The Hall–Kier alpha value is -1.92. The average Bonchev–Trinajstić information content (AvgIpc) is 3.00. The van der Waals surface area contributed by atoms with Crippen LogP contribution >= 0.6 is 11.6 Å². The number of nitrogens with zero attached hydrogens (tertiary/aromatic N) is 3. The highest BCUT2D eigenvalue weighted by atomic mass is 35.5. The zero-order chi connectivity index (χ0) is 16.4. The Labute approximate surface area is 133 Å². The number of ether oxygens (including phenoxy) is 1. The summed E-state index contributed by atoms with van der Waals surface area (Å²) in [6.07, 6.45) is 2.63. The van der Waals surface area contributed by atoms with E-state index in [0.717, 1.165) is 0 Å².